The van der Waals surface area contributed by atoms with Crippen LogP contribution in [0.15, 0.2) is 29.3 Å². The predicted octanol–water partition coefficient (Wildman–Crippen LogP) is 3.26. The molecule has 4 rings (SSSR count). The molecule has 0 radical (unpaired) electrons. The molecule has 0 amide bonds. The summed E-state index contributed by atoms with van der Waals surface area (Å²) in [5.74, 6) is 2.61. The lowest BCUT2D eigenvalue weighted by Crippen LogP contribution is -2.41. The van der Waals surface area contributed by atoms with Gasteiger partial charge in [0.2, 0.25) is 0 Å². The summed E-state index contributed by atoms with van der Waals surface area (Å²) >= 11 is 0. The maximum Gasteiger partial charge on any atom is 0.191 e. The van der Waals surface area contributed by atoms with E-state index in [9.17, 15) is 0 Å². The average Bonchev–Trinajstić information content (AvgIpc) is 3.56. The number of guanidine groups is 1. The molecule has 0 bridgehead atoms. The van der Waals surface area contributed by atoms with Gasteiger partial charge in [-0.25, -0.2) is 0 Å². The third-order valence-electron chi connectivity index (χ3n) is 7.04. The normalized spacial score (nSPS) is 24.2. The second kappa shape index (κ2) is 11.2. The topological polar surface area (TPSA) is 52.1 Å². The van der Waals surface area contributed by atoms with Crippen LogP contribution in [0.3, 0.4) is 0 Å². The van der Waals surface area contributed by atoms with Crippen LogP contribution in [-0.4, -0.2) is 74.7 Å². The molecule has 2 N–H and O–H groups in total. The molecule has 172 valence electrons. The first-order valence-corrected chi connectivity index (χ1v) is 12.4. The van der Waals surface area contributed by atoms with Crippen molar-refractivity contribution in [3.63, 3.8) is 0 Å². The van der Waals surface area contributed by atoms with Gasteiger partial charge in [-0.05, 0) is 82.3 Å². The number of methoxy groups -OCH3 is 1. The lowest BCUT2D eigenvalue weighted by atomic mass is 10.0. The summed E-state index contributed by atoms with van der Waals surface area (Å²) < 4.78 is 5.37. The van der Waals surface area contributed by atoms with E-state index in [0.29, 0.717) is 6.04 Å². The molecule has 2 unspecified atom stereocenters. The SMILES string of the molecule is CCNC(=NCC(c1ccc(OC)cc1)N1CCCCC1)NCC1CCN(C2CC2)C1. The van der Waals surface area contributed by atoms with Gasteiger partial charge in [0.1, 0.15) is 5.75 Å². The van der Waals surface area contributed by atoms with Gasteiger partial charge in [-0.3, -0.25) is 9.89 Å². The van der Waals surface area contributed by atoms with E-state index in [4.69, 9.17) is 9.73 Å². The lowest BCUT2D eigenvalue weighted by Gasteiger charge is -2.34. The number of benzene rings is 1. The van der Waals surface area contributed by atoms with Crippen molar-refractivity contribution >= 4 is 5.96 Å². The van der Waals surface area contributed by atoms with Gasteiger partial charge >= 0.3 is 0 Å². The number of nitrogens with zero attached hydrogens (tertiary/aromatic N) is 3. The van der Waals surface area contributed by atoms with Crippen LogP contribution in [0.25, 0.3) is 0 Å². The number of rotatable bonds is 9. The highest BCUT2D eigenvalue weighted by Gasteiger charge is 2.34. The molecule has 3 aliphatic rings. The summed E-state index contributed by atoms with van der Waals surface area (Å²) in [6.07, 6.45) is 8.05. The summed E-state index contributed by atoms with van der Waals surface area (Å²) in [5, 5.41) is 7.11. The first kappa shape index (κ1) is 22.4. The largest absolute Gasteiger partial charge is 0.497 e. The standard InChI is InChI=1S/C25H41N5O/c1-3-26-25(27-17-20-13-16-30(19-20)22-9-10-22)28-18-24(29-14-5-4-6-15-29)21-7-11-23(31-2)12-8-21/h7-8,11-12,20,22,24H,3-6,9-10,13-19H2,1-2H3,(H2,26,27,28). The molecule has 31 heavy (non-hydrogen) atoms. The van der Waals surface area contributed by atoms with Crippen LogP contribution in [0.4, 0.5) is 0 Å². The predicted molar refractivity (Wildman–Crippen MR) is 128 cm³/mol. The van der Waals surface area contributed by atoms with Crippen molar-refractivity contribution < 1.29 is 4.74 Å². The second-order valence-corrected chi connectivity index (χ2v) is 9.37. The van der Waals surface area contributed by atoms with Crippen molar-refractivity contribution in [2.75, 3.05) is 52.9 Å². The van der Waals surface area contributed by atoms with Gasteiger partial charge in [-0.1, -0.05) is 18.6 Å². The quantitative estimate of drug-likeness (QED) is 0.468. The molecule has 0 aromatic heterocycles. The van der Waals surface area contributed by atoms with E-state index < -0.39 is 0 Å². The number of likely N-dealkylation sites (tertiary alicyclic amines) is 2. The molecule has 0 spiro atoms. The molecule has 6 heteroatoms. The fraction of sp³-hybridized carbons (Fsp3) is 0.720. The first-order valence-electron chi connectivity index (χ1n) is 12.4. The molecule has 2 atom stereocenters. The number of aliphatic imine (C=N–C) groups is 1. The van der Waals surface area contributed by atoms with Crippen molar-refractivity contribution in [3.8, 4) is 5.75 Å². The zero-order valence-corrected chi connectivity index (χ0v) is 19.5. The van der Waals surface area contributed by atoms with Crippen molar-refractivity contribution in [2.45, 2.75) is 57.5 Å². The summed E-state index contributed by atoms with van der Waals surface area (Å²) in [5.41, 5.74) is 1.33. The number of nitrogens with one attached hydrogen (secondary N) is 2. The van der Waals surface area contributed by atoms with Crippen LogP contribution in [0.1, 0.15) is 57.1 Å². The molecule has 2 heterocycles. The molecule has 1 aromatic rings. The van der Waals surface area contributed by atoms with Crippen LogP contribution >= 0.6 is 0 Å². The van der Waals surface area contributed by atoms with E-state index in [1.54, 1.807) is 7.11 Å². The van der Waals surface area contributed by atoms with Crippen LogP contribution in [0.5, 0.6) is 5.75 Å². The molecule has 2 saturated heterocycles. The Morgan fingerprint density at radius 3 is 2.52 bits per heavy atom. The van der Waals surface area contributed by atoms with E-state index in [2.05, 4.69) is 51.6 Å². The van der Waals surface area contributed by atoms with Gasteiger partial charge in [0, 0.05) is 25.7 Å². The molecule has 1 aliphatic carbocycles. The minimum atomic E-state index is 0.318. The molecular formula is C25H41N5O. The van der Waals surface area contributed by atoms with E-state index >= 15 is 0 Å². The van der Waals surface area contributed by atoms with E-state index in [-0.39, 0.29) is 0 Å². The maximum atomic E-state index is 5.37. The van der Waals surface area contributed by atoms with Gasteiger partial charge < -0.3 is 20.3 Å². The zero-order valence-electron chi connectivity index (χ0n) is 19.5. The number of ether oxygens (including phenoxy) is 1. The summed E-state index contributed by atoms with van der Waals surface area (Å²) in [4.78, 5) is 10.3. The van der Waals surface area contributed by atoms with E-state index in [0.717, 1.165) is 56.4 Å². The van der Waals surface area contributed by atoms with Crippen molar-refractivity contribution in [3.05, 3.63) is 29.8 Å². The van der Waals surface area contributed by atoms with Crippen LogP contribution in [0.2, 0.25) is 0 Å². The Balaban J connectivity index is 1.38. The monoisotopic (exact) mass is 427 g/mol. The third-order valence-corrected chi connectivity index (χ3v) is 7.04. The zero-order chi connectivity index (χ0) is 21.5. The Morgan fingerprint density at radius 1 is 1.06 bits per heavy atom. The van der Waals surface area contributed by atoms with Crippen molar-refractivity contribution in [2.24, 2.45) is 10.9 Å². The fourth-order valence-electron chi connectivity index (χ4n) is 5.05. The smallest absolute Gasteiger partial charge is 0.191 e. The van der Waals surface area contributed by atoms with E-state index in [1.807, 2.05) is 0 Å². The van der Waals surface area contributed by atoms with Crippen molar-refractivity contribution in [1.82, 2.24) is 20.4 Å². The second-order valence-electron chi connectivity index (χ2n) is 9.37. The summed E-state index contributed by atoms with van der Waals surface area (Å²) in [7, 11) is 1.73. The highest BCUT2D eigenvalue weighted by Crippen LogP contribution is 2.31. The Bertz CT molecular complexity index is 696. The molecule has 1 saturated carbocycles. The Hall–Kier alpha value is -1.79. The minimum Gasteiger partial charge on any atom is -0.497 e. The molecular weight excluding hydrogens is 386 g/mol. The summed E-state index contributed by atoms with van der Waals surface area (Å²) in [6.45, 7) is 9.68. The number of piperidine rings is 1. The number of hydrogen-bond donors (Lipinski definition) is 2. The minimum absolute atomic E-state index is 0.318. The Labute approximate surface area is 188 Å². The maximum absolute atomic E-state index is 5.37. The number of hydrogen-bond acceptors (Lipinski definition) is 4. The molecule has 6 nitrogen and oxygen atoms in total. The molecule has 2 aliphatic heterocycles. The van der Waals surface area contributed by atoms with Gasteiger partial charge in [-0.2, -0.15) is 0 Å². The average molecular weight is 428 g/mol. The Morgan fingerprint density at radius 2 is 1.84 bits per heavy atom. The van der Waals surface area contributed by atoms with E-state index in [1.165, 1.54) is 57.2 Å². The third kappa shape index (κ3) is 6.36. The van der Waals surface area contributed by atoms with Crippen molar-refractivity contribution in [1.29, 1.82) is 0 Å². The van der Waals surface area contributed by atoms with Gasteiger partial charge in [-0.15, -0.1) is 0 Å². The molecule has 1 aromatic carbocycles. The van der Waals surface area contributed by atoms with Gasteiger partial charge in [0.05, 0.1) is 19.7 Å². The Kier molecular flexibility index (Phi) is 8.09. The highest BCUT2D eigenvalue weighted by atomic mass is 16.5. The van der Waals surface area contributed by atoms with Gasteiger partial charge in [0.15, 0.2) is 5.96 Å². The lowest BCUT2D eigenvalue weighted by molar-refractivity contribution is 0.167. The molecule has 3 fully saturated rings. The van der Waals surface area contributed by atoms with Crippen LogP contribution < -0.4 is 15.4 Å². The van der Waals surface area contributed by atoms with Crippen LogP contribution in [-0.2, 0) is 0 Å². The highest BCUT2D eigenvalue weighted by molar-refractivity contribution is 5.79. The fourth-order valence-corrected chi connectivity index (χ4v) is 5.05. The van der Waals surface area contributed by atoms with Crippen LogP contribution in [0, 0.1) is 5.92 Å². The van der Waals surface area contributed by atoms with Gasteiger partial charge in [0.25, 0.3) is 0 Å². The summed E-state index contributed by atoms with van der Waals surface area (Å²) in [6, 6.07) is 9.77. The first-order chi connectivity index (χ1) is 15.3.